The monoisotopic (exact) mass is 413 g/mol. The van der Waals surface area contributed by atoms with E-state index < -0.39 is 9.84 Å². The molecule has 2 N–H and O–H groups in total. The number of carbonyl (C=O) groups excluding carboxylic acids is 1. The number of amides is 2. The zero-order valence-corrected chi connectivity index (χ0v) is 16.7. The molecule has 4 rings (SSSR count). The van der Waals surface area contributed by atoms with Gasteiger partial charge in [-0.3, -0.25) is 0 Å². The Morgan fingerprint density at radius 3 is 2.41 bits per heavy atom. The first kappa shape index (κ1) is 19.4. The molecule has 2 aliphatic heterocycles. The lowest BCUT2D eigenvalue weighted by atomic mass is 10.0. The van der Waals surface area contributed by atoms with E-state index in [9.17, 15) is 13.2 Å². The van der Waals surface area contributed by atoms with Crippen molar-refractivity contribution in [2.24, 2.45) is 5.16 Å². The molecule has 7 nitrogen and oxygen atoms in total. The molecule has 2 atom stereocenters. The van der Waals surface area contributed by atoms with Crippen molar-refractivity contribution in [2.75, 3.05) is 18.1 Å². The van der Waals surface area contributed by atoms with Crippen LogP contribution in [0.3, 0.4) is 0 Å². The van der Waals surface area contributed by atoms with Gasteiger partial charge in [0.05, 0.1) is 23.8 Å². The van der Waals surface area contributed by atoms with Gasteiger partial charge in [-0.05, 0) is 23.1 Å². The summed E-state index contributed by atoms with van der Waals surface area (Å²) in [5.74, 6) is 0.135. The molecule has 0 aliphatic carbocycles. The molecular formula is C21H23N3O4S. The fraction of sp³-hybridized carbons (Fsp3) is 0.333. The summed E-state index contributed by atoms with van der Waals surface area (Å²) >= 11 is 0. The molecule has 2 amide bonds. The molecule has 0 radical (unpaired) electrons. The van der Waals surface area contributed by atoms with E-state index in [-0.39, 0.29) is 29.7 Å². The van der Waals surface area contributed by atoms with Crippen molar-refractivity contribution in [1.29, 1.82) is 0 Å². The Morgan fingerprint density at radius 2 is 1.72 bits per heavy atom. The van der Waals surface area contributed by atoms with Gasteiger partial charge in [-0.25, -0.2) is 13.2 Å². The quantitative estimate of drug-likeness (QED) is 0.786. The van der Waals surface area contributed by atoms with Gasteiger partial charge >= 0.3 is 6.03 Å². The molecule has 1 saturated heterocycles. The Balaban J connectivity index is 1.25. The zero-order chi connectivity index (χ0) is 20.3. The van der Waals surface area contributed by atoms with Crippen molar-refractivity contribution in [3.8, 4) is 11.1 Å². The normalized spacial score (nSPS) is 22.6. The van der Waals surface area contributed by atoms with Gasteiger partial charge in [-0.1, -0.05) is 59.8 Å². The van der Waals surface area contributed by atoms with Crippen LogP contribution in [0.2, 0.25) is 0 Å². The van der Waals surface area contributed by atoms with E-state index >= 15 is 0 Å². The number of benzene rings is 2. The molecule has 0 spiro atoms. The van der Waals surface area contributed by atoms with Crippen LogP contribution in [0.4, 0.5) is 4.79 Å². The number of carbonyl (C=O) groups is 1. The SMILES string of the molecule is O=C(NC[C@H]1CC(c2ccc(-c3ccccc3)cc2)=NO1)N[C@H]1CCS(=O)(=O)C1. The molecule has 1 fully saturated rings. The molecule has 29 heavy (non-hydrogen) atoms. The first-order chi connectivity index (χ1) is 14.0. The summed E-state index contributed by atoms with van der Waals surface area (Å²) in [6, 6.07) is 17.6. The van der Waals surface area contributed by atoms with Crippen LogP contribution in [0.25, 0.3) is 11.1 Å². The number of hydrogen-bond donors (Lipinski definition) is 2. The van der Waals surface area contributed by atoms with E-state index in [1.54, 1.807) is 0 Å². The predicted octanol–water partition coefficient (Wildman–Crippen LogP) is 2.33. The van der Waals surface area contributed by atoms with Crippen molar-refractivity contribution in [3.63, 3.8) is 0 Å². The smallest absolute Gasteiger partial charge is 0.315 e. The molecule has 0 bridgehead atoms. The Kier molecular flexibility index (Phi) is 5.53. The highest BCUT2D eigenvalue weighted by molar-refractivity contribution is 7.91. The topological polar surface area (TPSA) is 96.9 Å². The van der Waals surface area contributed by atoms with Crippen molar-refractivity contribution in [3.05, 3.63) is 60.2 Å². The summed E-state index contributed by atoms with van der Waals surface area (Å²) in [7, 11) is -3.02. The predicted molar refractivity (Wildman–Crippen MR) is 111 cm³/mol. The lowest BCUT2D eigenvalue weighted by Gasteiger charge is -2.14. The fourth-order valence-electron chi connectivity index (χ4n) is 3.55. The molecule has 2 aromatic carbocycles. The van der Waals surface area contributed by atoms with Crippen LogP contribution in [0.15, 0.2) is 59.8 Å². The maximum Gasteiger partial charge on any atom is 0.315 e. The standard InChI is InChI=1S/C21H23N3O4S/c25-21(23-18-10-11-29(26,27)14-18)22-13-19-12-20(24-28-19)17-8-6-16(7-9-17)15-4-2-1-3-5-15/h1-9,18-19H,10-14H2,(H2,22,23,25)/t18-,19+/m0/s1. The Morgan fingerprint density at radius 1 is 1.03 bits per heavy atom. The molecule has 152 valence electrons. The number of nitrogens with one attached hydrogen (secondary N) is 2. The Labute approximate surface area is 170 Å². The van der Waals surface area contributed by atoms with E-state index in [2.05, 4.69) is 40.1 Å². The highest BCUT2D eigenvalue weighted by Crippen LogP contribution is 2.22. The molecule has 2 aliphatic rings. The number of nitrogens with zero attached hydrogens (tertiary/aromatic N) is 1. The molecule has 0 aromatic heterocycles. The molecule has 0 unspecified atom stereocenters. The lowest BCUT2D eigenvalue weighted by Crippen LogP contribution is -2.45. The third-order valence-corrected chi connectivity index (χ3v) is 6.88. The van der Waals surface area contributed by atoms with E-state index in [1.165, 1.54) is 0 Å². The van der Waals surface area contributed by atoms with Crippen LogP contribution in [-0.4, -0.2) is 50.4 Å². The minimum absolute atomic E-state index is 0.00653. The average Bonchev–Trinajstić information content (AvgIpc) is 3.33. The summed E-state index contributed by atoms with van der Waals surface area (Å²) < 4.78 is 22.9. The Hall–Kier alpha value is -2.87. The second-order valence-electron chi connectivity index (χ2n) is 7.37. The maximum absolute atomic E-state index is 12.0. The second-order valence-corrected chi connectivity index (χ2v) is 9.60. The fourth-order valence-corrected chi connectivity index (χ4v) is 5.22. The molecule has 0 saturated carbocycles. The van der Waals surface area contributed by atoms with Crippen molar-refractivity contribution >= 4 is 21.6 Å². The highest BCUT2D eigenvalue weighted by Gasteiger charge is 2.29. The van der Waals surface area contributed by atoms with E-state index in [1.807, 2.05) is 30.3 Å². The van der Waals surface area contributed by atoms with E-state index in [0.717, 1.165) is 22.4 Å². The summed E-state index contributed by atoms with van der Waals surface area (Å²) in [5.41, 5.74) is 4.14. The molecular weight excluding hydrogens is 390 g/mol. The van der Waals surface area contributed by atoms with Crippen LogP contribution >= 0.6 is 0 Å². The minimum atomic E-state index is -3.02. The van der Waals surface area contributed by atoms with Crippen LogP contribution < -0.4 is 10.6 Å². The largest absolute Gasteiger partial charge is 0.390 e. The van der Waals surface area contributed by atoms with E-state index in [0.29, 0.717) is 19.4 Å². The zero-order valence-electron chi connectivity index (χ0n) is 15.9. The summed E-state index contributed by atoms with van der Waals surface area (Å²) in [6.07, 6.45) is 0.821. The third kappa shape index (κ3) is 4.95. The maximum atomic E-state index is 12.0. The number of sulfone groups is 1. The third-order valence-electron chi connectivity index (χ3n) is 5.12. The van der Waals surface area contributed by atoms with Crippen molar-refractivity contribution in [1.82, 2.24) is 10.6 Å². The van der Waals surface area contributed by atoms with Gasteiger partial charge in [0.25, 0.3) is 0 Å². The van der Waals surface area contributed by atoms with Gasteiger partial charge in [0.15, 0.2) is 15.9 Å². The summed E-state index contributed by atoms with van der Waals surface area (Å²) in [6.45, 7) is 0.306. The van der Waals surface area contributed by atoms with Gasteiger partial charge in [-0.2, -0.15) is 0 Å². The van der Waals surface area contributed by atoms with Crippen molar-refractivity contribution < 1.29 is 18.0 Å². The minimum Gasteiger partial charge on any atom is -0.390 e. The first-order valence-corrected chi connectivity index (χ1v) is 11.4. The van der Waals surface area contributed by atoms with Gasteiger partial charge in [-0.15, -0.1) is 0 Å². The van der Waals surface area contributed by atoms with Crippen LogP contribution in [0.1, 0.15) is 18.4 Å². The van der Waals surface area contributed by atoms with Crippen LogP contribution in [-0.2, 0) is 14.7 Å². The number of urea groups is 1. The second kappa shape index (κ2) is 8.24. The average molecular weight is 413 g/mol. The molecule has 8 heteroatoms. The van der Waals surface area contributed by atoms with Gasteiger partial charge in [0.2, 0.25) is 0 Å². The van der Waals surface area contributed by atoms with Gasteiger partial charge in [0.1, 0.15) is 0 Å². The number of hydrogen-bond acceptors (Lipinski definition) is 5. The van der Waals surface area contributed by atoms with Crippen LogP contribution in [0.5, 0.6) is 0 Å². The van der Waals surface area contributed by atoms with Gasteiger partial charge < -0.3 is 15.5 Å². The lowest BCUT2D eigenvalue weighted by molar-refractivity contribution is 0.0864. The first-order valence-electron chi connectivity index (χ1n) is 9.62. The molecule has 2 heterocycles. The summed E-state index contributed by atoms with van der Waals surface area (Å²) in [5, 5.41) is 9.59. The van der Waals surface area contributed by atoms with Crippen molar-refractivity contribution in [2.45, 2.75) is 25.0 Å². The van der Waals surface area contributed by atoms with Gasteiger partial charge in [0, 0.05) is 12.5 Å². The Bertz CT molecular complexity index is 1000. The summed E-state index contributed by atoms with van der Waals surface area (Å²) in [4.78, 5) is 17.4. The molecule has 2 aromatic rings. The van der Waals surface area contributed by atoms with E-state index in [4.69, 9.17) is 4.84 Å². The van der Waals surface area contributed by atoms with Crippen LogP contribution in [0, 0.1) is 0 Å². The number of rotatable bonds is 5. The highest BCUT2D eigenvalue weighted by atomic mass is 32.2. The number of oxime groups is 1.